The molecule has 1 amide bonds. The molecule has 0 radical (unpaired) electrons. The predicted molar refractivity (Wildman–Crippen MR) is 81.2 cm³/mol. The Hall–Kier alpha value is -1.85. The average molecular weight is 292 g/mol. The van der Waals surface area contributed by atoms with Crippen LogP contribution in [0.4, 0.5) is 10.6 Å². The highest BCUT2D eigenvalue weighted by Gasteiger charge is 2.29. The summed E-state index contributed by atoms with van der Waals surface area (Å²) < 4.78 is 5.41. The van der Waals surface area contributed by atoms with Crippen LogP contribution >= 0.6 is 0 Å². The summed E-state index contributed by atoms with van der Waals surface area (Å²) >= 11 is 0. The zero-order valence-electron chi connectivity index (χ0n) is 13.2. The van der Waals surface area contributed by atoms with Gasteiger partial charge in [-0.1, -0.05) is 0 Å². The number of amides is 1. The third-order valence-electron chi connectivity index (χ3n) is 3.42. The molecule has 0 unspecified atom stereocenters. The lowest BCUT2D eigenvalue weighted by atomic mass is 10.0. The third kappa shape index (κ3) is 4.58. The summed E-state index contributed by atoms with van der Waals surface area (Å²) in [4.78, 5) is 22.2. The van der Waals surface area contributed by atoms with Crippen molar-refractivity contribution in [1.82, 2.24) is 14.9 Å². The van der Waals surface area contributed by atoms with Crippen LogP contribution in [-0.2, 0) is 11.2 Å². The lowest BCUT2D eigenvalue weighted by molar-refractivity contribution is 0.0288. The number of carbonyl (C=O) groups is 1. The van der Waals surface area contributed by atoms with Gasteiger partial charge in [0.15, 0.2) is 0 Å². The molecule has 0 aliphatic carbocycles. The third-order valence-corrected chi connectivity index (χ3v) is 3.42. The molecule has 2 heterocycles. The number of aromatic nitrogens is 2. The molecule has 21 heavy (non-hydrogen) atoms. The van der Waals surface area contributed by atoms with Gasteiger partial charge in [0.05, 0.1) is 0 Å². The van der Waals surface area contributed by atoms with Crippen LogP contribution in [0.15, 0.2) is 12.4 Å². The average Bonchev–Trinajstić information content (AvgIpc) is 2.85. The number of hydrogen-bond donors (Lipinski definition) is 1. The molecule has 0 aromatic carbocycles. The SMILES string of the molecule is CNc1cc(C[C@@H]2CCN(C(=O)OC(C)(C)C)C2)ncn1. The first-order valence-electron chi connectivity index (χ1n) is 7.34. The van der Waals surface area contributed by atoms with Gasteiger partial charge in [0.1, 0.15) is 17.7 Å². The molecule has 2 rings (SSSR count). The van der Waals surface area contributed by atoms with Crippen LogP contribution in [0.1, 0.15) is 32.9 Å². The van der Waals surface area contributed by atoms with Gasteiger partial charge in [-0.25, -0.2) is 14.8 Å². The van der Waals surface area contributed by atoms with E-state index in [9.17, 15) is 4.79 Å². The summed E-state index contributed by atoms with van der Waals surface area (Å²) in [5, 5.41) is 3.01. The van der Waals surface area contributed by atoms with Crippen molar-refractivity contribution >= 4 is 11.9 Å². The molecular formula is C15H24N4O2. The van der Waals surface area contributed by atoms with Gasteiger partial charge in [-0.15, -0.1) is 0 Å². The molecular weight excluding hydrogens is 268 g/mol. The molecule has 1 N–H and O–H groups in total. The monoisotopic (exact) mass is 292 g/mol. The lowest BCUT2D eigenvalue weighted by Gasteiger charge is -2.24. The Morgan fingerprint density at radius 2 is 2.24 bits per heavy atom. The molecule has 1 aromatic rings. The summed E-state index contributed by atoms with van der Waals surface area (Å²) in [5.74, 6) is 1.25. The van der Waals surface area contributed by atoms with E-state index in [4.69, 9.17) is 4.74 Å². The number of carbonyl (C=O) groups excluding carboxylic acids is 1. The Kier molecular flexibility index (Phi) is 4.65. The molecule has 1 fully saturated rings. The Labute approximate surface area is 125 Å². The van der Waals surface area contributed by atoms with E-state index >= 15 is 0 Å². The molecule has 6 heteroatoms. The Bertz CT molecular complexity index is 499. The Morgan fingerprint density at radius 1 is 1.48 bits per heavy atom. The second-order valence-corrected chi connectivity index (χ2v) is 6.43. The largest absolute Gasteiger partial charge is 0.444 e. The number of ether oxygens (including phenoxy) is 1. The van der Waals surface area contributed by atoms with E-state index in [2.05, 4.69) is 15.3 Å². The van der Waals surface area contributed by atoms with Crippen molar-refractivity contribution in [1.29, 1.82) is 0 Å². The fourth-order valence-corrected chi connectivity index (χ4v) is 2.43. The quantitative estimate of drug-likeness (QED) is 0.926. The fourth-order valence-electron chi connectivity index (χ4n) is 2.43. The fraction of sp³-hybridized carbons (Fsp3) is 0.667. The van der Waals surface area contributed by atoms with Crippen molar-refractivity contribution in [2.75, 3.05) is 25.5 Å². The first-order valence-corrected chi connectivity index (χ1v) is 7.34. The summed E-state index contributed by atoms with van der Waals surface area (Å²) in [6.45, 7) is 7.15. The number of anilines is 1. The minimum Gasteiger partial charge on any atom is -0.444 e. The van der Waals surface area contributed by atoms with E-state index in [1.54, 1.807) is 11.2 Å². The minimum atomic E-state index is -0.441. The maximum atomic E-state index is 12.0. The summed E-state index contributed by atoms with van der Waals surface area (Å²) in [6, 6.07) is 1.95. The van der Waals surface area contributed by atoms with Crippen molar-refractivity contribution in [3.05, 3.63) is 18.1 Å². The summed E-state index contributed by atoms with van der Waals surface area (Å²) in [5.41, 5.74) is 0.564. The van der Waals surface area contributed by atoms with Gasteiger partial charge < -0.3 is 15.0 Å². The van der Waals surface area contributed by atoms with Gasteiger partial charge in [0.25, 0.3) is 0 Å². The first-order chi connectivity index (χ1) is 9.87. The van der Waals surface area contributed by atoms with Crippen molar-refractivity contribution in [2.24, 2.45) is 5.92 Å². The Balaban J connectivity index is 1.89. The first kappa shape index (κ1) is 15.5. The van der Waals surface area contributed by atoms with Crippen LogP contribution in [0.5, 0.6) is 0 Å². The van der Waals surface area contributed by atoms with Gasteiger partial charge in [0.2, 0.25) is 0 Å². The molecule has 0 spiro atoms. The second kappa shape index (κ2) is 6.28. The maximum absolute atomic E-state index is 12.0. The maximum Gasteiger partial charge on any atom is 0.410 e. The zero-order valence-corrected chi connectivity index (χ0v) is 13.2. The van der Waals surface area contributed by atoms with Gasteiger partial charge >= 0.3 is 6.09 Å². The van der Waals surface area contributed by atoms with Gasteiger partial charge in [-0.3, -0.25) is 0 Å². The molecule has 1 aliphatic heterocycles. The topological polar surface area (TPSA) is 67.4 Å². The molecule has 6 nitrogen and oxygen atoms in total. The normalized spacial score (nSPS) is 18.7. The highest BCUT2D eigenvalue weighted by Crippen LogP contribution is 2.22. The van der Waals surface area contributed by atoms with E-state index in [0.29, 0.717) is 5.92 Å². The van der Waals surface area contributed by atoms with E-state index in [1.807, 2.05) is 33.9 Å². The number of likely N-dealkylation sites (tertiary alicyclic amines) is 1. The standard InChI is InChI=1S/C15H24N4O2/c1-15(2,3)21-14(20)19-6-5-11(9-19)7-12-8-13(16-4)18-10-17-12/h8,10-11H,5-7,9H2,1-4H3,(H,16,17,18)/t11-/m0/s1. The van der Waals surface area contributed by atoms with Crippen LogP contribution in [0.2, 0.25) is 0 Å². The number of nitrogens with zero attached hydrogens (tertiary/aromatic N) is 3. The molecule has 116 valence electrons. The van der Waals surface area contributed by atoms with Crippen LogP contribution < -0.4 is 5.32 Å². The zero-order chi connectivity index (χ0) is 15.5. The number of nitrogens with one attached hydrogen (secondary N) is 1. The lowest BCUT2D eigenvalue weighted by Crippen LogP contribution is -2.35. The predicted octanol–water partition coefficient (Wildman–Crippen LogP) is 2.32. The van der Waals surface area contributed by atoms with Crippen LogP contribution in [0.25, 0.3) is 0 Å². The second-order valence-electron chi connectivity index (χ2n) is 6.43. The summed E-state index contributed by atoms with van der Waals surface area (Å²) in [6.07, 6.45) is 3.19. The van der Waals surface area contributed by atoms with Gasteiger partial charge in [-0.2, -0.15) is 0 Å². The number of rotatable bonds is 3. The van der Waals surface area contributed by atoms with E-state index in [0.717, 1.165) is 37.4 Å². The van der Waals surface area contributed by atoms with Crippen molar-refractivity contribution in [3.63, 3.8) is 0 Å². The van der Waals surface area contributed by atoms with Crippen LogP contribution in [0.3, 0.4) is 0 Å². The van der Waals surface area contributed by atoms with E-state index in [-0.39, 0.29) is 6.09 Å². The van der Waals surface area contributed by atoms with E-state index in [1.165, 1.54) is 0 Å². The summed E-state index contributed by atoms with van der Waals surface area (Å²) in [7, 11) is 1.84. The van der Waals surface area contributed by atoms with Crippen molar-refractivity contribution in [2.45, 2.75) is 39.2 Å². The Morgan fingerprint density at radius 3 is 2.90 bits per heavy atom. The van der Waals surface area contributed by atoms with Crippen molar-refractivity contribution in [3.8, 4) is 0 Å². The molecule has 0 bridgehead atoms. The highest BCUT2D eigenvalue weighted by molar-refractivity contribution is 5.68. The van der Waals surface area contributed by atoms with Crippen molar-refractivity contribution < 1.29 is 9.53 Å². The molecule has 1 aromatic heterocycles. The highest BCUT2D eigenvalue weighted by atomic mass is 16.6. The minimum absolute atomic E-state index is 0.219. The smallest absolute Gasteiger partial charge is 0.410 e. The van der Waals surface area contributed by atoms with Crippen LogP contribution in [-0.4, -0.2) is 46.7 Å². The molecule has 1 atom stereocenters. The van der Waals surface area contributed by atoms with Gasteiger partial charge in [-0.05, 0) is 39.5 Å². The van der Waals surface area contributed by atoms with Crippen LogP contribution in [0, 0.1) is 5.92 Å². The van der Waals surface area contributed by atoms with E-state index < -0.39 is 5.60 Å². The molecule has 1 aliphatic rings. The number of hydrogen-bond acceptors (Lipinski definition) is 5. The molecule has 1 saturated heterocycles. The van der Waals surface area contributed by atoms with Gasteiger partial charge in [0, 0.05) is 31.9 Å². The molecule has 0 saturated carbocycles.